The van der Waals surface area contributed by atoms with Gasteiger partial charge in [-0.1, -0.05) is 182 Å². The van der Waals surface area contributed by atoms with Crippen LogP contribution in [0.4, 0.5) is 0 Å². The van der Waals surface area contributed by atoms with Gasteiger partial charge in [-0.25, -0.2) is 19.9 Å². The van der Waals surface area contributed by atoms with Crippen molar-refractivity contribution in [2.45, 2.75) is 0 Å². The molecule has 0 unspecified atom stereocenters. The van der Waals surface area contributed by atoms with Crippen molar-refractivity contribution >= 4 is 54.3 Å². The first-order valence-corrected chi connectivity index (χ1v) is 21.4. The summed E-state index contributed by atoms with van der Waals surface area (Å²) in [5.41, 5.74) is 13.0. The van der Waals surface area contributed by atoms with Crippen LogP contribution < -0.4 is 0 Å². The van der Waals surface area contributed by atoms with E-state index in [0.29, 0.717) is 17.5 Å². The average molecular weight is 811 g/mol. The van der Waals surface area contributed by atoms with Gasteiger partial charge in [-0.2, -0.15) is 0 Å². The van der Waals surface area contributed by atoms with Gasteiger partial charge in [0, 0.05) is 59.8 Å². The molecule has 8 aromatic carbocycles. The number of nitrogens with zero attached hydrogens (tertiary/aromatic N) is 4. The van der Waals surface area contributed by atoms with Crippen LogP contribution in [0.2, 0.25) is 0 Å². The van der Waals surface area contributed by atoms with Gasteiger partial charge in [0.15, 0.2) is 17.5 Å². The molecule has 0 aliphatic carbocycles. The molecule has 0 aliphatic rings. The number of furan rings is 1. The van der Waals surface area contributed by atoms with Gasteiger partial charge in [0.05, 0.1) is 15.9 Å². The van der Waals surface area contributed by atoms with Crippen molar-refractivity contribution in [1.29, 1.82) is 0 Å². The molecule has 4 aromatic heterocycles. The van der Waals surface area contributed by atoms with E-state index < -0.39 is 0 Å². The summed E-state index contributed by atoms with van der Waals surface area (Å²) in [5.74, 6) is 1.89. The highest BCUT2D eigenvalue weighted by molar-refractivity contribution is 7.23. The third-order valence-electron chi connectivity index (χ3n) is 11.5. The predicted octanol–water partition coefficient (Wildman–Crippen LogP) is 15.2. The van der Waals surface area contributed by atoms with E-state index in [9.17, 15) is 0 Å². The molecule has 0 saturated carbocycles. The second-order valence-electron chi connectivity index (χ2n) is 15.3. The number of aromatic nitrogens is 4. The van der Waals surface area contributed by atoms with E-state index in [1.165, 1.54) is 5.39 Å². The normalized spacial score (nSPS) is 11.5. The van der Waals surface area contributed by atoms with Gasteiger partial charge in [-0.05, 0) is 41.0 Å². The maximum atomic E-state index is 6.77. The molecule has 6 heteroatoms. The number of pyridine rings is 1. The summed E-state index contributed by atoms with van der Waals surface area (Å²) < 4.78 is 7.91. The maximum Gasteiger partial charge on any atom is 0.164 e. The smallest absolute Gasteiger partial charge is 0.164 e. The summed E-state index contributed by atoms with van der Waals surface area (Å²) in [5, 5.41) is 4.49. The van der Waals surface area contributed by atoms with Crippen LogP contribution in [0.1, 0.15) is 0 Å². The van der Waals surface area contributed by atoms with Gasteiger partial charge in [0.2, 0.25) is 0 Å². The van der Waals surface area contributed by atoms with Crippen molar-refractivity contribution in [3.8, 4) is 78.1 Å². The summed E-state index contributed by atoms with van der Waals surface area (Å²) in [4.78, 5) is 21.5. The molecule has 0 spiro atoms. The Morgan fingerprint density at radius 3 is 1.56 bits per heavy atom. The van der Waals surface area contributed by atoms with Gasteiger partial charge in [0.1, 0.15) is 11.2 Å². The topological polar surface area (TPSA) is 64.7 Å². The Kier molecular flexibility index (Phi) is 8.61. The molecule has 12 aromatic rings. The molecule has 0 aliphatic heterocycles. The lowest BCUT2D eigenvalue weighted by atomic mass is 9.93. The van der Waals surface area contributed by atoms with Crippen LogP contribution in [0, 0.1) is 0 Å². The SMILES string of the molecule is c1ccc(-c2nc(-c3ccccc3)nc(-c3cccc(-c4cccc(-c5sc6c(-c7ccccc7)nc7ccccc7c6c5-c5cccc6c5oc5ccccc56)c4)c3)n2)cc1. The monoisotopic (exact) mass is 810 g/mol. The molecule has 0 atom stereocenters. The number of hydrogen-bond donors (Lipinski definition) is 0. The highest BCUT2D eigenvalue weighted by Gasteiger charge is 2.25. The fourth-order valence-electron chi connectivity index (χ4n) is 8.62. The molecule has 12 rings (SSSR count). The van der Waals surface area contributed by atoms with E-state index in [0.717, 1.165) is 98.2 Å². The maximum absolute atomic E-state index is 6.77. The van der Waals surface area contributed by atoms with Crippen molar-refractivity contribution in [3.05, 3.63) is 206 Å². The van der Waals surface area contributed by atoms with E-state index in [1.807, 2.05) is 66.7 Å². The van der Waals surface area contributed by atoms with Crippen LogP contribution in [-0.4, -0.2) is 19.9 Å². The van der Waals surface area contributed by atoms with Gasteiger partial charge in [-0.3, -0.25) is 0 Å². The number of fused-ring (bicyclic) bond motifs is 6. The zero-order valence-electron chi connectivity index (χ0n) is 33.2. The van der Waals surface area contributed by atoms with E-state index in [4.69, 9.17) is 24.4 Å². The van der Waals surface area contributed by atoms with Gasteiger partial charge < -0.3 is 4.42 Å². The lowest BCUT2D eigenvalue weighted by molar-refractivity contribution is 0.670. The van der Waals surface area contributed by atoms with Crippen LogP contribution in [-0.2, 0) is 0 Å². The van der Waals surface area contributed by atoms with Crippen molar-refractivity contribution in [1.82, 2.24) is 19.9 Å². The Hall–Kier alpha value is -8.06. The standard InChI is InChI=1S/C56H34N4OS/c1-4-17-35(18-5-1)50-53-48(44-28-10-12-31-46(44)57-50)49(45-30-16-29-43-42-27-11-13-32-47(42)61-51(43)45)52(62-53)40-25-14-23-38(33-40)39-24-15-26-41(34-39)56-59-54(36-19-6-2-7-20-36)58-55(60-56)37-21-8-3-9-22-37/h1-34H. The predicted molar refractivity (Wildman–Crippen MR) is 256 cm³/mol. The first-order valence-electron chi connectivity index (χ1n) is 20.6. The molecule has 0 saturated heterocycles. The Labute approximate surface area is 361 Å². The minimum atomic E-state index is 0.620. The lowest BCUT2D eigenvalue weighted by Gasteiger charge is -2.11. The third kappa shape index (κ3) is 6.16. The highest BCUT2D eigenvalue weighted by atomic mass is 32.1. The molecule has 0 fully saturated rings. The lowest BCUT2D eigenvalue weighted by Crippen LogP contribution is -2.00. The summed E-state index contributed by atoms with van der Waals surface area (Å²) >= 11 is 1.80. The molecule has 0 radical (unpaired) electrons. The van der Waals surface area contributed by atoms with Crippen LogP contribution in [0.5, 0.6) is 0 Å². The number of hydrogen-bond acceptors (Lipinski definition) is 6. The zero-order chi connectivity index (χ0) is 41.0. The fraction of sp³-hybridized carbons (Fsp3) is 0. The second-order valence-corrected chi connectivity index (χ2v) is 16.4. The van der Waals surface area contributed by atoms with Crippen molar-refractivity contribution < 1.29 is 4.42 Å². The third-order valence-corrected chi connectivity index (χ3v) is 12.8. The van der Waals surface area contributed by atoms with Crippen LogP contribution in [0.15, 0.2) is 211 Å². The van der Waals surface area contributed by atoms with Crippen molar-refractivity contribution in [2.24, 2.45) is 0 Å². The molecule has 0 bridgehead atoms. The molecular weight excluding hydrogens is 777 g/mol. The fourth-order valence-corrected chi connectivity index (χ4v) is 9.96. The highest BCUT2D eigenvalue weighted by Crippen LogP contribution is 2.52. The summed E-state index contributed by atoms with van der Waals surface area (Å²) in [6.45, 7) is 0. The number of rotatable bonds is 7. The van der Waals surface area contributed by atoms with Crippen LogP contribution in [0.25, 0.3) is 121 Å². The minimum Gasteiger partial charge on any atom is -0.455 e. The number of thiophene rings is 1. The molecule has 5 nitrogen and oxygen atoms in total. The molecule has 4 heterocycles. The first kappa shape index (κ1) is 35.8. The molecule has 0 N–H and O–H groups in total. The van der Waals surface area contributed by atoms with Crippen LogP contribution >= 0.6 is 11.3 Å². The summed E-state index contributed by atoms with van der Waals surface area (Å²) in [7, 11) is 0. The largest absolute Gasteiger partial charge is 0.455 e. The zero-order valence-corrected chi connectivity index (χ0v) is 34.1. The van der Waals surface area contributed by atoms with Gasteiger partial charge in [-0.15, -0.1) is 11.3 Å². The summed E-state index contributed by atoms with van der Waals surface area (Å²) in [6, 6.07) is 71.4. The Balaban J connectivity index is 1.07. The van der Waals surface area contributed by atoms with Crippen LogP contribution in [0.3, 0.4) is 0 Å². The number of para-hydroxylation sites is 3. The van der Waals surface area contributed by atoms with Gasteiger partial charge >= 0.3 is 0 Å². The molecule has 290 valence electrons. The summed E-state index contributed by atoms with van der Waals surface area (Å²) in [6.07, 6.45) is 0. The average Bonchev–Trinajstić information content (AvgIpc) is 3.95. The van der Waals surface area contributed by atoms with E-state index >= 15 is 0 Å². The van der Waals surface area contributed by atoms with E-state index in [-0.39, 0.29) is 0 Å². The quantitative estimate of drug-likeness (QED) is 0.160. The van der Waals surface area contributed by atoms with E-state index in [2.05, 4.69) is 140 Å². The molecular formula is C56H34N4OS. The number of benzene rings is 8. The van der Waals surface area contributed by atoms with Crippen molar-refractivity contribution in [2.75, 3.05) is 0 Å². The Morgan fingerprint density at radius 1 is 0.371 bits per heavy atom. The Bertz CT molecular complexity index is 3580. The minimum absolute atomic E-state index is 0.620. The second kappa shape index (κ2) is 14.9. The van der Waals surface area contributed by atoms with Crippen molar-refractivity contribution in [3.63, 3.8) is 0 Å². The molecule has 0 amide bonds. The van der Waals surface area contributed by atoms with Gasteiger partial charge in [0.25, 0.3) is 0 Å². The Morgan fingerprint density at radius 2 is 0.871 bits per heavy atom. The van der Waals surface area contributed by atoms with E-state index in [1.54, 1.807) is 11.3 Å². The first-order chi connectivity index (χ1) is 30.7. The molecule has 62 heavy (non-hydrogen) atoms.